The fraction of sp³-hybridized carbons (Fsp3) is 0.318. The minimum Gasteiger partial charge on any atom is -0.455 e. The maximum absolute atomic E-state index is 13.3. The zero-order valence-corrected chi connectivity index (χ0v) is 18.6. The molecule has 170 valence electrons. The van der Waals surface area contributed by atoms with Gasteiger partial charge in [-0.15, -0.1) is 0 Å². The van der Waals surface area contributed by atoms with E-state index < -0.39 is 10.0 Å². The second kappa shape index (κ2) is 9.27. The molecule has 0 spiro atoms. The number of aromatic nitrogens is 1. The number of anilines is 1. The molecule has 0 atom stereocenters. The van der Waals surface area contributed by atoms with Crippen LogP contribution in [0.25, 0.3) is 0 Å². The van der Waals surface area contributed by atoms with Crippen molar-refractivity contribution in [2.45, 2.75) is 25.3 Å². The number of ether oxygens (including phenoxy) is 2. The van der Waals surface area contributed by atoms with Crippen molar-refractivity contribution in [2.24, 2.45) is 0 Å². The molecule has 1 aromatic heterocycles. The largest absolute Gasteiger partial charge is 0.455 e. The summed E-state index contributed by atoms with van der Waals surface area (Å²) < 4.78 is 57.3. The van der Waals surface area contributed by atoms with Crippen LogP contribution in [0.3, 0.4) is 0 Å². The van der Waals surface area contributed by atoms with Crippen LogP contribution in [-0.2, 0) is 21.3 Å². The summed E-state index contributed by atoms with van der Waals surface area (Å²) in [6, 6.07) is 10.2. The molecule has 1 saturated heterocycles. The minimum absolute atomic E-state index is 0.145. The Morgan fingerprint density at radius 3 is 2.50 bits per heavy atom. The predicted octanol–water partition coefficient (Wildman–Crippen LogP) is 3.86. The van der Waals surface area contributed by atoms with E-state index in [-0.39, 0.29) is 10.7 Å². The molecule has 0 aliphatic carbocycles. The van der Waals surface area contributed by atoms with E-state index in [1.807, 2.05) is 13.8 Å². The molecule has 32 heavy (non-hydrogen) atoms. The normalized spacial score (nSPS) is 15.0. The summed E-state index contributed by atoms with van der Waals surface area (Å²) in [6.07, 6.45) is 0. The fourth-order valence-corrected chi connectivity index (χ4v) is 4.83. The Bertz CT molecular complexity index is 1170. The first-order valence-electron chi connectivity index (χ1n) is 10.2. The standard InChI is InChI=1S/C22H24FN3O5S/c1-15-20(16(2)31-25-15)14-24-21-13-19(32(27,28)26-9-11-29-12-10-26)7-8-22(21)30-18-5-3-17(23)4-6-18/h3-8,13,24H,9-12,14H2,1-2H3. The third-order valence-corrected chi connectivity index (χ3v) is 7.13. The summed E-state index contributed by atoms with van der Waals surface area (Å²) in [6.45, 7) is 5.34. The molecule has 0 amide bonds. The molecule has 1 N–H and O–H groups in total. The Kier molecular flexibility index (Phi) is 6.45. The van der Waals surface area contributed by atoms with Crippen LogP contribution in [0.5, 0.6) is 11.5 Å². The molecule has 2 aromatic carbocycles. The molecule has 1 aliphatic rings. The van der Waals surface area contributed by atoms with Crippen molar-refractivity contribution in [3.8, 4) is 11.5 Å². The molecule has 1 aliphatic heterocycles. The molecular weight excluding hydrogens is 437 g/mol. The van der Waals surface area contributed by atoms with E-state index in [1.54, 1.807) is 12.1 Å². The number of aryl methyl sites for hydroxylation is 2. The van der Waals surface area contributed by atoms with Gasteiger partial charge in [-0.05, 0) is 56.3 Å². The van der Waals surface area contributed by atoms with Crippen molar-refractivity contribution in [1.29, 1.82) is 0 Å². The molecule has 0 bridgehead atoms. The third kappa shape index (κ3) is 4.77. The highest BCUT2D eigenvalue weighted by Gasteiger charge is 2.27. The van der Waals surface area contributed by atoms with Gasteiger partial charge >= 0.3 is 0 Å². The highest BCUT2D eigenvalue weighted by molar-refractivity contribution is 7.89. The average molecular weight is 462 g/mol. The molecule has 4 rings (SSSR count). The minimum atomic E-state index is -3.69. The molecule has 0 radical (unpaired) electrons. The van der Waals surface area contributed by atoms with Crippen LogP contribution in [0.1, 0.15) is 17.0 Å². The first kappa shape index (κ1) is 22.3. The number of nitrogens with one attached hydrogen (secondary N) is 1. The van der Waals surface area contributed by atoms with Gasteiger partial charge in [-0.1, -0.05) is 5.16 Å². The van der Waals surface area contributed by atoms with Gasteiger partial charge < -0.3 is 19.3 Å². The highest BCUT2D eigenvalue weighted by atomic mass is 32.2. The Balaban J connectivity index is 1.66. The molecule has 1 fully saturated rings. The van der Waals surface area contributed by atoms with Gasteiger partial charge in [0.15, 0.2) is 5.75 Å². The Morgan fingerprint density at radius 1 is 1.12 bits per heavy atom. The zero-order chi connectivity index (χ0) is 22.7. The van der Waals surface area contributed by atoms with Crippen molar-refractivity contribution in [1.82, 2.24) is 9.46 Å². The Morgan fingerprint density at radius 2 is 1.84 bits per heavy atom. The summed E-state index contributed by atoms with van der Waals surface area (Å²) >= 11 is 0. The number of rotatable bonds is 7. The van der Waals surface area contributed by atoms with E-state index in [4.69, 9.17) is 14.0 Å². The lowest BCUT2D eigenvalue weighted by Crippen LogP contribution is -2.40. The number of nitrogens with zero attached hydrogens (tertiary/aromatic N) is 2. The van der Waals surface area contributed by atoms with Gasteiger partial charge in [-0.3, -0.25) is 0 Å². The summed E-state index contributed by atoms with van der Waals surface area (Å²) in [7, 11) is -3.69. The van der Waals surface area contributed by atoms with E-state index in [0.29, 0.717) is 55.8 Å². The van der Waals surface area contributed by atoms with Crippen molar-refractivity contribution in [3.05, 3.63) is 65.3 Å². The lowest BCUT2D eigenvalue weighted by atomic mass is 10.2. The number of hydrogen-bond acceptors (Lipinski definition) is 7. The van der Waals surface area contributed by atoms with Crippen LogP contribution in [0.15, 0.2) is 51.9 Å². The number of halogens is 1. The number of benzene rings is 2. The Labute approximate surface area is 186 Å². The second-order valence-electron chi connectivity index (χ2n) is 7.39. The predicted molar refractivity (Wildman–Crippen MR) is 116 cm³/mol. The molecule has 10 heteroatoms. The monoisotopic (exact) mass is 461 g/mol. The van der Waals surface area contributed by atoms with E-state index in [1.165, 1.54) is 34.6 Å². The van der Waals surface area contributed by atoms with Crippen molar-refractivity contribution < 1.29 is 26.8 Å². The molecule has 2 heterocycles. The van der Waals surface area contributed by atoms with E-state index in [0.717, 1.165) is 11.3 Å². The lowest BCUT2D eigenvalue weighted by molar-refractivity contribution is 0.0730. The first-order chi connectivity index (χ1) is 15.3. The topological polar surface area (TPSA) is 93.9 Å². The summed E-state index contributed by atoms with van der Waals surface area (Å²) in [5, 5.41) is 7.19. The number of hydrogen-bond donors (Lipinski definition) is 1. The summed E-state index contributed by atoms with van der Waals surface area (Å²) in [4.78, 5) is 0.145. The molecule has 3 aromatic rings. The number of morpholine rings is 1. The number of sulfonamides is 1. The van der Waals surface area contributed by atoms with Gasteiger partial charge in [0.2, 0.25) is 10.0 Å². The van der Waals surface area contributed by atoms with Crippen LogP contribution in [-0.4, -0.2) is 44.2 Å². The quantitative estimate of drug-likeness (QED) is 0.571. The first-order valence-corrected chi connectivity index (χ1v) is 11.6. The van der Waals surface area contributed by atoms with Gasteiger partial charge in [-0.25, -0.2) is 12.8 Å². The van der Waals surface area contributed by atoms with Crippen molar-refractivity contribution in [2.75, 3.05) is 31.6 Å². The smallest absolute Gasteiger partial charge is 0.243 e. The zero-order valence-electron chi connectivity index (χ0n) is 17.8. The van der Waals surface area contributed by atoms with Gasteiger partial charge in [0.05, 0.1) is 29.5 Å². The fourth-order valence-electron chi connectivity index (χ4n) is 3.40. The Hall–Kier alpha value is -2.95. The van der Waals surface area contributed by atoms with Crippen LogP contribution in [0.2, 0.25) is 0 Å². The summed E-state index contributed by atoms with van der Waals surface area (Å²) in [5.74, 6) is 1.13. The van der Waals surface area contributed by atoms with Gasteiger partial charge in [0.25, 0.3) is 0 Å². The molecule has 8 nitrogen and oxygen atoms in total. The molecular formula is C22H24FN3O5S. The molecule has 0 saturated carbocycles. The third-order valence-electron chi connectivity index (χ3n) is 5.24. The van der Waals surface area contributed by atoms with Crippen LogP contribution in [0, 0.1) is 19.7 Å². The van der Waals surface area contributed by atoms with Crippen molar-refractivity contribution >= 4 is 15.7 Å². The van der Waals surface area contributed by atoms with E-state index in [9.17, 15) is 12.8 Å². The van der Waals surface area contributed by atoms with Gasteiger partial charge in [-0.2, -0.15) is 4.31 Å². The van der Waals surface area contributed by atoms with E-state index in [2.05, 4.69) is 10.5 Å². The van der Waals surface area contributed by atoms with Crippen LogP contribution < -0.4 is 10.1 Å². The van der Waals surface area contributed by atoms with Crippen LogP contribution in [0.4, 0.5) is 10.1 Å². The van der Waals surface area contributed by atoms with Gasteiger partial charge in [0, 0.05) is 25.2 Å². The highest BCUT2D eigenvalue weighted by Crippen LogP contribution is 2.33. The summed E-state index contributed by atoms with van der Waals surface area (Å²) in [5.41, 5.74) is 2.09. The van der Waals surface area contributed by atoms with Gasteiger partial charge in [0.1, 0.15) is 17.3 Å². The maximum Gasteiger partial charge on any atom is 0.243 e. The van der Waals surface area contributed by atoms with Crippen LogP contribution >= 0.6 is 0 Å². The maximum atomic E-state index is 13.3. The average Bonchev–Trinajstić information content (AvgIpc) is 3.12. The molecule has 0 unspecified atom stereocenters. The second-order valence-corrected chi connectivity index (χ2v) is 9.32. The SMILES string of the molecule is Cc1noc(C)c1CNc1cc(S(=O)(=O)N2CCOCC2)ccc1Oc1ccc(F)cc1. The van der Waals surface area contributed by atoms with E-state index >= 15 is 0 Å². The lowest BCUT2D eigenvalue weighted by Gasteiger charge is -2.26. The van der Waals surface area contributed by atoms with Crippen molar-refractivity contribution in [3.63, 3.8) is 0 Å².